The van der Waals surface area contributed by atoms with Crippen LogP contribution in [-0.2, 0) is 16.0 Å². The lowest BCUT2D eigenvalue weighted by atomic mass is 9.99. The van der Waals surface area contributed by atoms with Crippen molar-refractivity contribution in [2.75, 3.05) is 7.11 Å². The molecule has 0 aliphatic rings. The quantitative estimate of drug-likeness (QED) is 0.844. The molecule has 1 aromatic rings. The number of amides is 1. The van der Waals surface area contributed by atoms with E-state index < -0.39 is 12.0 Å². The SMILES string of the molecule is COc1cc(C)c(CC(=O)N[C@@H](C)C(=O)O)c(C)c1. The highest BCUT2D eigenvalue weighted by molar-refractivity contribution is 5.85. The number of ether oxygens (including phenoxy) is 1. The minimum Gasteiger partial charge on any atom is -0.497 e. The normalized spacial score (nSPS) is 11.8. The van der Waals surface area contributed by atoms with Gasteiger partial charge >= 0.3 is 5.97 Å². The molecule has 1 rings (SSSR count). The molecule has 0 aliphatic carbocycles. The zero-order chi connectivity index (χ0) is 14.6. The van der Waals surface area contributed by atoms with Crippen LogP contribution in [0.1, 0.15) is 23.6 Å². The van der Waals surface area contributed by atoms with Crippen molar-refractivity contribution < 1.29 is 19.4 Å². The van der Waals surface area contributed by atoms with Crippen molar-refractivity contribution in [2.45, 2.75) is 33.2 Å². The Bertz CT molecular complexity index is 473. The number of hydrogen-bond donors (Lipinski definition) is 2. The Kier molecular flexibility index (Phi) is 4.92. The Balaban J connectivity index is 2.83. The predicted octanol–water partition coefficient (Wildman–Crippen LogP) is 1.44. The van der Waals surface area contributed by atoms with Gasteiger partial charge in [0.2, 0.25) is 5.91 Å². The molecule has 0 radical (unpaired) electrons. The van der Waals surface area contributed by atoms with E-state index in [2.05, 4.69) is 5.32 Å². The van der Waals surface area contributed by atoms with Crippen LogP contribution in [0.5, 0.6) is 5.75 Å². The number of nitrogens with one attached hydrogen (secondary N) is 1. The molecule has 0 spiro atoms. The van der Waals surface area contributed by atoms with Gasteiger partial charge in [0.05, 0.1) is 13.5 Å². The largest absolute Gasteiger partial charge is 0.497 e. The van der Waals surface area contributed by atoms with Gasteiger partial charge in [0, 0.05) is 0 Å². The van der Waals surface area contributed by atoms with Crippen LogP contribution in [0, 0.1) is 13.8 Å². The second-order valence-corrected chi connectivity index (χ2v) is 4.54. The van der Waals surface area contributed by atoms with Crippen LogP contribution in [-0.4, -0.2) is 30.1 Å². The predicted molar refractivity (Wildman–Crippen MR) is 71.4 cm³/mol. The number of benzene rings is 1. The lowest BCUT2D eigenvalue weighted by Crippen LogP contribution is -2.39. The van der Waals surface area contributed by atoms with E-state index in [0.29, 0.717) is 0 Å². The van der Waals surface area contributed by atoms with Crippen LogP contribution < -0.4 is 10.1 Å². The maximum absolute atomic E-state index is 11.8. The van der Waals surface area contributed by atoms with E-state index in [0.717, 1.165) is 22.4 Å². The Morgan fingerprint density at radius 1 is 1.32 bits per heavy atom. The number of carboxylic acids is 1. The number of rotatable bonds is 5. The maximum atomic E-state index is 11.8. The summed E-state index contributed by atoms with van der Waals surface area (Å²) < 4.78 is 5.15. The average Bonchev–Trinajstić information content (AvgIpc) is 2.33. The van der Waals surface area contributed by atoms with Gasteiger partial charge in [-0.3, -0.25) is 9.59 Å². The average molecular weight is 265 g/mol. The van der Waals surface area contributed by atoms with Crippen molar-refractivity contribution in [3.8, 4) is 5.75 Å². The summed E-state index contributed by atoms with van der Waals surface area (Å²) in [7, 11) is 1.59. The fourth-order valence-electron chi connectivity index (χ4n) is 1.87. The number of carbonyl (C=O) groups is 2. The second-order valence-electron chi connectivity index (χ2n) is 4.54. The van der Waals surface area contributed by atoms with Gasteiger partial charge in [-0.15, -0.1) is 0 Å². The molecule has 0 aromatic heterocycles. The summed E-state index contributed by atoms with van der Waals surface area (Å²) in [5.41, 5.74) is 2.81. The molecule has 0 unspecified atom stereocenters. The molecular formula is C14H19NO4. The van der Waals surface area contributed by atoms with E-state index in [-0.39, 0.29) is 12.3 Å². The van der Waals surface area contributed by atoms with Gasteiger partial charge in [-0.1, -0.05) is 0 Å². The molecule has 19 heavy (non-hydrogen) atoms. The van der Waals surface area contributed by atoms with Crippen LogP contribution in [0.15, 0.2) is 12.1 Å². The minimum atomic E-state index is -1.04. The van der Waals surface area contributed by atoms with Crippen molar-refractivity contribution in [1.82, 2.24) is 5.32 Å². The topological polar surface area (TPSA) is 75.6 Å². The Morgan fingerprint density at radius 3 is 2.26 bits per heavy atom. The molecule has 0 saturated carbocycles. The first-order valence-electron chi connectivity index (χ1n) is 6.01. The highest BCUT2D eigenvalue weighted by Crippen LogP contribution is 2.22. The fraction of sp³-hybridized carbons (Fsp3) is 0.429. The van der Waals surface area contributed by atoms with Gasteiger partial charge < -0.3 is 15.2 Å². The summed E-state index contributed by atoms with van der Waals surface area (Å²) in [6.45, 7) is 5.24. The lowest BCUT2D eigenvalue weighted by molar-refractivity contribution is -0.141. The first-order chi connectivity index (χ1) is 8.85. The first kappa shape index (κ1) is 15.0. The van der Waals surface area contributed by atoms with Crippen molar-refractivity contribution in [3.63, 3.8) is 0 Å². The van der Waals surface area contributed by atoms with Crippen molar-refractivity contribution in [3.05, 3.63) is 28.8 Å². The first-order valence-corrected chi connectivity index (χ1v) is 6.01. The Labute approximate surface area is 112 Å². The van der Waals surface area contributed by atoms with E-state index >= 15 is 0 Å². The summed E-state index contributed by atoms with van der Waals surface area (Å²) in [5.74, 6) is -0.596. The van der Waals surface area contributed by atoms with Crippen LogP contribution in [0.3, 0.4) is 0 Å². The zero-order valence-electron chi connectivity index (χ0n) is 11.6. The summed E-state index contributed by atoms with van der Waals surface area (Å²) in [5, 5.41) is 11.2. The van der Waals surface area contributed by atoms with Gasteiger partial charge in [-0.2, -0.15) is 0 Å². The fourth-order valence-corrected chi connectivity index (χ4v) is 1.87. The van der Waals surface area contributed by atoms with E-state index in [9.17, 15) is 9.59 Å². The Hall–Kier alpha value is -2.04. The molecule has 0 bridgehead atoms. The maximum Gasteiger partial charge on any atom is 0.325 e. The molecule has 2 N–H and O–H groups in total. The molecule has 5 nitrogen and oxygen atoms in total. The molecule has 0 aliphatic heterocycles. The van der Waals surface area contributed by atoms with Gasteiger partial charge in [0.15, 0.2) is 0 Å². The molecule has 0 saturated heterocycles. The summed E-state index contributed by atoms with van der Waals surface area (Å²) >= 11 is 0. The third-order valence-corrected chi connectivity index (χ3v) is 2.99. The van der Waals surface area contributed by atoms with E-state index in [1.807, 2.05) is 26.0 Å². The van der Waals surface area contributed by atoms with Crippen LogP contribution >= 0.6 is 0 Å². The molecule has 1 amide bonds. The van der Waals surface area contributed by atoms with Gasteiger partial charge in [0.1, 0.15) is 11.8 Å². The monoisotopic (exact) mass is 265 g/mol. The summed E-state index contributed by atoms with van der Waals surface area (Å²) in [6.07, 6.45) is 0.166. The number of hydrogen-bond acceptors (Lipinski definition) is 3. The highest BCUT2D eigenvalue weighted by atomic mass is 16.5. The number of carboxylic acid groups (broad SMARTS) is 1. The van der Waals surface area contributed by atoms with Crippen molar-refractivity contribution >= 4 is 11.9 Å². The van der Waals surface area contributed by atoms with E-state index in [1.165, 1.54) is 6.92 Å². The summed E-state index contributed by atoms with van der Waals surface area (Å²) in [6, 6.07) is 2.83. The number of aryl methyl sites for hydroxylation is 2. The van der Waals surface area contributed by atoms with Gasteiger partial charge in [-0.05, 0) is 49.6 Å². The molecule has 5 heteroatoms. The van der Waals surface area contributed by atoms with Crippen LogP contribution in [0.2, 0.25) is 0 Å². The molecular weight excluding hydrogens is 246 g/mol. The number of carbonyl (C=O) groups excluding carboxylic acids is 1. The van der Waals surface area contributed by atoms with Crippen molar-refractivity contribution in [2.24, 2.45) is 0 Å². The standard InChI is InChI=1S/C14H19NO4/c1-8-5-11(19-4)6-9(2)12(8)7-13(16)15-10(3)14(17)18/h5-6,10H,7H2,1-4H3,(H,15,16)(H,17,18)/t10-/m0/s1. The summed E-state index contributed by atoms with van der Waals surface area (Å²) in [4.78, 5) is 22.5. The van der Waals surface area contributed by atoms with Crippen LogP contribution in [0.25, 0.3) is 0 Å². The minimum absolute atomic E-state index is 0.166. The third-order valence-electron chi connectivity index (χ3n) is 2.99. The van der Waals surface area contributed by atoms with Gasteiger partial charge in [0.25, 0.3) is 0 Å². The van der Waals surface area contributed by atoms with Crippen LogP contribution in [0.4, 0.5) is 0 Å². The second kappa shape index (κ2) is 6.22. The molecule has 1 atom stereocenters. The molecule has 0 fully saturated rings. The molecule has 1 aromatic carbocycles. The number of methoxy groups -OCH3 is 1. The van der Waals surface area contributed by atoms with E-state index in [4.69, 9.17) is 9.84 Å². The van der Waals surface area contributed by atoms with E-state index in [1.54, 1.807) is 7.11 Å². The number of aliphatic carboxylic acids is 1. The third kappa shape index (κ3) is 3.98. The molecule has 0 heterocycles. The van der Waals surface area contributed by atoms with Crippen molar-refractivity contribution in [1.29, 1.82) is 0 Å². The lowest BCUT2D eigenvalue weighted by Gasteiger charge is -2.13. The Morgan fingerprint density at radius 2 is 1.84 bits per heavy atom. The highest BCUT2D eigenvalue weighted by Gasteiger charge is 2.16. The zero-order valence-corrected chi connectivity index (χ0v) is 11.6. The smallest absolute Gasteiger partial charge is 0.325 e. The molecule has 104 valence electrons. The van der Waals surface area contributed by atoms with Gasteiger partial charge in [-0.25, -0.2) is 0 Å².